The lowest BCUT2D eigenvalue weighted by Crippen LogP contribution is -2.09. The summed E-state index contributed by atoms with van der Waals surface area (Å²) in [6.45, 7) is 3.64. The van der Waals surface area contributed by atoms with Gasteiger partial charge < -0.3 is 15.0 Å². The van der Waals surface area contributed by atoms with Gasteiger partial charge in [0, 0.05) is 18.4 Å². The average molecular weight is 251 g/mol. The molecule has 0 radical (unpaired) electrons. The van der Waals surface area contributed by atoms with E-state index in [1.807, 2.05) is 32.2 Å². The molecule has 5 heteroatoms. The minimum absolute atomic E-state index is 0.684. The number of imidazole rings is 1. The van der Waals surface area contributed by atoms with Crippen molar-refractivity contribution in [3.63, 3.8) is 0 Å². The Balaban J connectivity index is 2.12. The number of ether oxygens (including phenoxy) is 1. The molecule has 1 heterocycles. The number of hydrogen-bond acceptors (Lipinski definition) is 4. The van der Waals surface area contributed by atoms with E-state index in [0.29, 0.717) is 6.61 Å². The van der Waals surface area contributed by atoms with E-state index < -0.39 is 0 Å². The maximum absolute atomic E-state index is 5.46. The number of hydrogen-bond donors (Lipinski definition) is 2. The van der Waals surface area contributed by atoms with Crippen molar-refractivity contribution in [2.45, 2.75) is 12.1 Å². The fourth-order valence-electron chi connectivity index (χ4n) is 1.54. The Hall–Kier alpha value is -1.20. The number of H-pyrrole nitrogens is 1. The molecule has 1 aromatic heterocycles. The van der Waals surface area contributed by atoms with E-state index in [1.54, 1.807) is 11.8 Å². The van der Waals surface area contributed by atoms with Gasteiger partial charge in [-0.3, -0.25) is 0 Å². The molecule has 92 valence electrons. The first-order valence-electron chi connectivity index (χ1n) is 5.73. The van der Waals surface area contributed by atoms with Gasteiger partial charge in [-0.15, -0.1) is 0 Å². The van der Waals surface area contributed by atoms with Crippen LogP contribution in [0.1, 0.15) is 6.92 Å². The zero-order valence-corrected chi connectivity index (χ0v) is 10.9. The molecule has 2 rings (SSSR count). The van der Waals surface area contributed by atoms with Crippen LogP contribution < -0.4 is 10.1 Å². The highest BCUT2D eigenvalue weighted by Crippen LogP contribution is 2.22. The first-order valence-corrected chi connectivity index (χ1v) is 6.72. The van der Waals surface area contributed by atoms with E-state index in [2.05, 4.69) is 15.3 Å². The molecule has 0 unspecified atom stereocenters. The van der Waals surface area contributed by atoms with Crippen molar-refractivity contribution >= 4 is 22.8 Å². The molecular weight excluding hydrogens is 234 g/mol. The van der Waals surface area contributed by atoms with Gasteiger partial charge >= 0.3 is 0 Å². The molecule has 0 saturated heterocycles. The van der Waals surface area contributed by atoms with Gasteiger partial charge in [-0.05, 0) is 26.1 Å². The van der Waals surface area contributed by atoms with Crippen molar-refractivity contribution in [3.05, 3.63) is 18.2 Å². The van der Waals surface area contributed by atoms with E-state index in [4.69, 9.17) is 4.74 Å². The number of fused-ring (bicyclic) bond motifs is 1. The van der Waals surface area contributed by atoms with Crippen LogP contribution in [0.4, 0.5) is 0 Å². The number of nitrogens with zero attached hydrogens (tertiary/aromatic N) is 1. The first kappa shape index (κ1) is 12.3. The second-order valence-corrected chi connectivity index (χ2v) is 4.69. The molecule has 0 fully saturated rings. The monoisotopic (exact) mass is 251 g/mol. The summed E-state index contributed by atoms with van der Waals surface area (Å²) < 4.78 is 5.46. The summed E-state index contributed by atoms with van der Waals surface area (Å²) in [7, 11) is 1.95. The van der Waals surface area contributed by atoms with Crippen molar-refractivity contribution in [3.8, 4) is 5.75 Å². The largest absolute Gasteiger partial charge is 0.494 e. The Kier molecular flexibility index (Phi) is 4.28. The zero-order chi connectivity index (χ0) is 12.1. The molecule has 0 aliphatic heterocycles. The Morgan fingerprint density at radius 3 is 3.12 bits per heavy atom. The third-order valence-corrected chi connectivity index (χ3v) is 3.21. The first-order chi connectivity index (χ1) is 8.33. The minimum Gasteiger partial charge on any atom is -0.494 e. The number of rotatable bonds is 6. The van der Waals surface area contributed by atoms with Crippen LogP contribution in [-0.2, 0) is 0 Å². The van der Waals surface area contributed by atoms with Crippen molar-refractivity contribution in [2.75, 3.05) is 26.0 Å². The Labute approximate surface area is 105 Å². The molecule has 0 spiro atoms. The fraction of sp³-hybridized carbons (Fsp3) is 0.417. The van der Waals surface area contributed by atoms with Crippen LogP contribution in [0.3, 0.4) is 0 Å². The quantitative estimate of drug-likeness (QED) is 0.611. The summed E-state index contributed by atoms with van der Waals surface area (Å²) in [6.07, 6.45) is 0. The van der Waals surface area contributed by atoms with Crippen molar-refractivity contribution in [1.82, 2.24) is 15.3 Å². The third-order valence-electron chi connectivity index (χ3n) is 2.33. The van der Waals surface area contributed by atoms with Gasteiger partial charge in [0.15, 0.2) is 5.16 Å². The van der Waals surface area contributed by atoms with Gasteiger partial charge in [0.05, 0.1) is 17.6 Å². The van der Waals surface area contributed by atoms with Gasteiger partial charge in [-0.25, -0.2) is 4.98 Å². The van der Waals surface area contributed by atoms with E-state index in [1.165, 1.54) is 0 Å². The predicted molar refractivity (Wildman–Crippen MR) is 71.9 cm³/mol. The third kappa shape index (κ3) is 3.14. The maximum atomic E-state index is 5.46. The Morgan fingerprint density at radius 1 is 1.47 bits per heavy atom. The van der Waals surface area contributed by atoms with E-state index in [9.17, 15) is 0 Å². The number of thioether (sulfide) groups is 1. The molecule has 1 aromatic carbocycles. The van der Waals surface area contributed by atoms with Crippen molar-refractivity contribution in [2.24, 2.45) is 0 Å². The lowest BCUT2D eigenvalue weighted by molar-refractivity contribution is 0.340. The number of aromatic nitrogens is 2. The zero-order valence-electron chi connectivity index (χ0n) is 10.1. The normalized spacial score (nSPS) is 10.9. The highest BCUT2D eigenvalue weighted by molar-refractivity contribution is 7.99. The van der Waals surface area contributed by atoms with E-state index in [0.717, 1.165) is 34.2 Å². The van der Waals surface area contributed by atoms with Gasteiger partial charge in [0.2, 0.25) is 0 Å². The minimum atomic E-state index is 0.684. The molecule has 0 amide bonds. The highest BCUT2D eigenvalue weighted by atomic mass is 32.2. The van der Waals surface area contributed by atoms with Crippen LogP contribution in [0, 0.1) is 0 Å². The summed E-state index contributed by atoms with van der Waals surface area (Å²) in [5.74, 6) is 1.89. The molecule has 0 saturated carbocycles. The topological polar surface area (TPSA) is 49.9 Å². The van der Waals surface area contributed by atoms with Gasteiger partial charge in [0.1, 0.15) is 5.75 Å². The number of benzene rings is 1. The summed E-state index contributed by atoms with van der Waals surface area (Å²) in [5.41, 5.74) is 2.02. The Bertz CT molecular complexity index is 484. The summed E-state index contributed by atoms with van der Waals surface area (Å²) in [4.78, 5) is 7.81. The molecule has 2 aromatic rings. The fourth-order valence-corrected chi connectivity index (χ4v) is 2.38. The maximum Gasteiger partial charge on any atom is 0.166 e. The standard InChI is InChI=1S/C12H17N3OS/c1-3-16-9-4-5-10-11(8-9)15-12(14-10)17-7-6-13-2/h4-5,8,13H,3,6-7H2,1-2H3,(H,14,15). The van der Waals surface area contributed by atoms with Crippen LogP contribution in [0.2, 0.25) is 0 Å². The molecule has 4 nitrogen and oxygen atoms in total. The second kappa shape index (κ2) is 5.93. The molecule has 0 aliphatic rings. The number of aromatic amines is 1. The van der Waals surface area contributed by atoms with Crippen molar-refractivity contribution < 1.29 is 4.74 Å². The van der Waals surface area contributed by atoms with Crippen LogP contribution >= 0.6 is 11.8 Å². The van der Waals surface area contributed by atoms with Gasteiger partial charge in [-0.1, -0.05) is 11.8 Å². The highest BCUT2D eigenvalue weighted by Gasteiger charge is 2.04. The van der Waals surface area contributed by atoms with Crippen LogP contribution in [-0.4, -0.2) is 35.9 Å². The summed E-state index contributed by atoms with van der Waals surface area (Å²) in [6, 6.07) is 5.93. The van der Waals surface area contributed by atoms with Crippen LogP contribution in [0.5, 0.6) is 5.75 Å². The molecular formula is C12H17N3OS. The van der Waals surface area contributed by atoms with E-state index in [-0.39, 0.29) is 0 Å². The Morgan fingerprint density at radius 2 is 2.35 bits per heavy atom. The molecule has 17 heavy (non-hydrogen) atoms. The lowest BCUT2D eigenvalue weighted by Gasteiger charge is -2.00. The predicted octanol–water partition coefficient (Wildman–Crippen LogP) is 2.27. The number of nitrogens with one attached hydrogen (secondary N) is 2. The molecule has 2 N–H and O–H groups in total. The van der Waals surface area contributed by atoms with Crippen LogP contribution in [0.25, 0.3) is 11.0 Å². The summed E-state index contributed by atoms with van der Waals surface area (Å²) >= 11 is 1.72. The summed E-state index contributed by atoms with van der Waals surface area (Å²) in [5, 5.41) is 4.08. The molecule has 0 atom stereocenters. The average Bonchev–Trinajstić information content (AvgIpc) is 2.72. The lowest BCUT2D eigenvalue weighted by atomic mass is 10.3. The smallest absolute Gasteiger partial charge is 0.166 e. The SMILES string of the molecule is CCOc1ccc2nc(SCCNC)[nH]c2c1. The van der Waals surface area contributed by atoms with Crippen LogP contribution in [0.15, 0.2) is 23.4 Å². The van der Waals surface area contributed by atoms with Gasteiger partial charge in [-0.2, -0.15) is 0 Å². The van der Waals surface area contributed by atoms with E-state index >= 15 is 0 Å². The molecule has 0 aliphatic carbocycles. The van der Waals surface area contributed by atoms with Crippen molar-refractivity contribution in [1.29, 1.82) is 0 Å². The molecule has 0 bridgehead atoms. The second-order valence-electron chi connectivity index (χ2n) is 3.61. The van der Waals surface area contributed by atoms with Gasteiger partial charge in [0.25, 0.3) is 0 Å².